The molecule has 0 aliphatic carbocycles. The third-order valence-corrected chi connectivity index (χ3v) is 3.85. The van der Waals surface area contributed by atoms with Gasteiger partial charge in [-0.05, 0) is 42.5 Å². The van der Waals surface area contributed by atoms with Gasteiger partial charge in [-0.2, -0.15) is 0 Å². The van der Waals surface area contributed by atoms with E-state index in [0.717, 1.165) is 5.69 Å². The van der Waals surface area contributed by atoms with Crippen molar-refractivity contribution in [1.29, 1.82) is 0 Å². The summed E-state index contributed by atoms with van der Waals surface area (Å²) >= 11 is 0. The van der Waals surface area contributed by atoms with Gasteiger partial charge in [0.05, 0.1) is 19.9 Å². The first-order valence-corrected chi connectivity index (χ1v) is 8.36. The molecule has 27 heavy (non-hydrogen) atoms. The Bertz CT molecular complexity index is 913. The molecule has 3 rings (SSSR count). The molecule has 138 valence electrons. The normalized spacial score (nSPS) is 10.1. The Hall–Kier alpha value is -3.54. The number of aromatic nitrogens is 1. The fourth-order valence-electron chi connectivity index (χ4n) is 2.49. The number of nitrogens with zero attached hydrogens (tertiary/aromatic N) is 1. The molecule has 1 amide bonds. The van der Waals surface area contributed by atoms with Gasteiger partial charge < -0.3 is 19.5 Å². The maximum absolute atomic E-state index is 12.5. The average molecular weight is 364 g/mol. The molecule has 0 saturated carbocycles. The number of pyridine rings is 1. The van der Waals surface area contributed by atoms with Gasteiger partial charge >= 0.3 is 0 Å². The first-order chi connectivity index (χ1) is 13.2. The van der Waals surface area contributed by atoms with E-state index in [1.165, 1.54) is 7.11 Å². The monoisotopic (exact) mass is 364 g/mol. The van der Waals surface area contributed by atoms with Gasteiger partial charge in [0.25, 0.3) is 5.91 Å². The van der Waals surface area contributed by atoms with E-state index in [2.05, 4.69) is 10.3 Å². The number of rotatable bonds is 7. The first-order valence-electron chi connectivity index (χ1n) is 8.36. The van der Waals surface area contributed by atoms with Gasteiger partial charge in [-0.1, -0.05) is 12.1 Å². The Morgan fingerprint density at radius 3 is 2.56 bits per heavy atom. The standard InChI is InChI=1S/C21H20N2O4/c1-25-19-10-9-15(12-20(19)26-2)21(24)23-16-7-5-8-18(13-16)27-14-17-6-3-4-11-22-17/h3-13H,14H2,1-2H3,(H,23,24). The minimum atomic E-state index is -0.252. The second-order valence-electron chi connectivity index (χ2n) is 5.66. The summed E-state index contributed by atoms with van der Waals surface area (Å²) in [6, 6.07) is 17.9. The average Bonchev–Trinajstić information content (AvgIpc) is 2.72. The smallest absolute Gasteiger partial charge is 0.255 e. The van der Waals surface area contributed by atoms with Gasteiger partial charge in [-0.3, -0.25) is 9.78 Å². The highest BCUT2D eigenvalue weighted by molar-refractivity contribution is 6.04. The zero-order valence-electron chi connectivity index (χ0n) is 15.1. The minimum absolute atomic E-state index is 0.252. The molecular formula is C21H20N2O4. The lowest BCUT2D eigenvalue weighted by molar-refractivity contribution is 0.102. The summed E-state index contributed by atoms with van der Waals surface area (Å²) in [5.74, 6) is 1.46. The molecular weight excluding hydrogens is 344 g/mol. The Kier molecular flexibility index (Phi) is 5.89. The van der Waals surface area contributed by atoms with E-state index in [9.17, 15) is 4.79 Å². The van der Waals surface area contributed by atoms with Crippen LogP contribution in [0.2, 0.25) is 0 Å². The molecule has 6 heteroatoms. The van der Waals surface area contributed by atoms with Crippen molar-refractivity contribution in [3.8, 4) is 17.2 Å². The molecule has 1 N–H and O–H groups in total. The molecule has 0 atom stereocenters. The van der Waals surface area contributed by atoms with Gasteiger partial charge in [0.15, 0.2) is 11.5 Å². The molecule has 0 spiro atoms. The second kappa shape index (κ2) is 8.71. The number of methoxy groups -OCH3 is 2. The van der Waals surface area contributed by atoms with Crippen molar-refractivity contribution in [2.24, 2.45) is 0 Å². The van der Waals surface area contributed by atoms with E-state index in [4.69, 9.17) is 14.2 Å². The third kappa shape index (κ3) is 4.76. The summed E-state index contributed by atoms with van der Waals surface area (Å²) in [5.41, 5.74) is 1.93. The van der Waals surface area contributed by atoms with Gasteiger partial charge in [-0.15, -0.1) is 0 Å². The Balaban J connectivity index is 1.67. The van der Waals surface area contributed by atoms with Crippen LogP contribution in [-0.4, -0.2) is 25.1 Å². The highest BCUT2D eigenvalue weighted by Gasteiger charge is 2.11. The van der Waals surface area contributed by atoms with Crippen LogP contribution in [-0.2, 0) is 6.61 Å². The SMILES string of the molecule is COc1ccc(C(=O)Nc2cccc(OCc3ccccn3)c2)cc1OC. The molecule has 6 nitrogen and oxygen atoms in total. The van der Waals surface area contributed by atoms with Crippen LogP contribution in [0.5, 0.6) is 17.2 Å². The third-order valence-electron chi connectivity index (χ3n) is 3.85. The molecule has 0 bridgehead atoms. The van der Waals surface area contributed by atoms with Crippen molar-refractivity contribution in [3.63, 3.8) is 0 Å². The molecule has 0 unspecified atom stereocenters. The molecule has 1 aromatic heterocycles. The quantitative estimate of drug-likeness (QED) is 0.688. The van der Waals surface area contributed by atoms with E-state index in [1.54, 1.807) is 43.6 Å². The second-order valence-corrected chi connectivity index (χ2v) is 5.66. The zero-order chi connectivity index (χ0) is 19.1. The number of nitrogens with one attached hydrogen (secondary N) is 1. The Labute approximate surface area is 157 Å². The maximum atomic E-state index is 12.5. The molecule has 0 saturated heterocycles. The summed E-state index contributed by atoms with van der Waals surface area (Å²) < 4.78 is 16.2. The van der Waals surface area contributed by atoms with Crippen LogP contribution in [0.4, 0.5) is 5.69 Å². The van der Waals surface area contributed by atoms with E-state index in [1.807, 2.05) is 30.3 Å². The van der Waals surface area contributed by atoms with Gasteiger partial charge in [0.1, 0.15) is 12.4 Å². The minimum Gasteiger partial charge on any atom is -0.493 e. The first kappa shape index (κ1) is 18.3. The largest absolute Gasteiger partial charge is 0.493 e. The van der Waals surface area contributed by atoms with Gasteiger partial charge in [0.2, 0.25) is 0 Å². The summed E-state index contributed by atoms with van der Waals surface area (Å²) in [6.07, 6.45) is 1.72. The predicted molar refractivity (Wildman–Crippen MR) is 103 cm³/mol. The zero-order valence-corrected chi connectivity index (χ0v) is 15.1. The topological polar surface area (TPSA) is 69.7 Å². The lowest BCUT2D eigenvalue weighted by atomic mass is 10.2. The summed E-state index contributed by atoms with van der Waals surface area (Å²) in [7, 11) is 3.08. The maximum Gasteiger partial charge on any atom is 0.255 e. The highest BCUT2D eigenvalue weighted by Crippen LogP contribution is 2.28. The Morgan fingerprint density at radius 1 is 0.963 bits per heavy atom. The van der Waals surface area contributed by atoms with Crippen LogP contribution >= 0.6 is 0 Å². The van der Waals surface area contributed by atoms with Crippen LogP contribution < -0.4 is 19.5 Å². The molecule has 2 aromatic carbocycles. The number of hydrogen-bond acceptors (Lipinski definition) is 5. The fourth-order valence-corrected chi connectivity index (χ4v) is 2.49. The van der Waals surface area contributed by atoms with Crippen LogP contribution in [0.15, 0.2) is 66.9 Å². The molecule has 0 aliphatic rings. The molecule has 0 radical (unpaired) electrons. The van der Waals surface area contributed by atoms with Crippen LogP contribution in [0.1, 0.15) is 16.1 Å². The predicted octanol–water partition coefficient (Wildman–Crippen LogP) is 3.93. The number of hydrogen-bond donors (Lipinski definition) is 1. The number of anilines is 1. The van der Waals surface area contributed by atoms with Crippen molar-refractivity contribution < 1.29 is 19.0 Å². The number of amides is 1. The fraction of sp³-hybridized carbons (Fsp3) is 0.143. The molecule has 0 aliphatic heterocycles. The number of benzene rings is 2. The number of ether oxygens (including phenoxy) is 3. The van der Waals surface area contributed by atoms with E-state index < -0.39 is 0 Å². The van der Waals surface area contributed by atoms with Gasteiger partial charge in [0, 0.05) is 23.5 Å². The highest BCUT2D eigenvalue weighted by atomic mass is 16.5. The summed E-state index contributed by atoms with van der Waals surface area (Å²) in [4.78, 5) is 16.7. The lowest BCUT2D eigenvalue weighted by Gasteiger charge is -2.11. The van der Waals surface area contributed by atoms with E-state index in [-0.39, 0.29) is 5.91 Å². The molecule has 1 heterocycles. The number of carbonyl (C=O) groups excluding carboxylic acids is 1. The van der Waals surface area contributed by atoms with Crippen LogP contribution in [0, 0.1) is 0 Å². The van der Waals surface area contributed by atoms with Crippen LogP contribution in [0.25, 0.3) is 0 Å². The Morgan fingerprint density at radius 2 is 1.81 bits per heavy atom. The number of carbonyl (C=O) groups is 1. The van der Waals surface area contributed by atoms with E-state index in [0.29, 0.717) is 35.1 Å². The molecule has 0 fully saturated rings. The van der Waals surface area contributed by atoms with Crippen molar-refractivity contribution in [2.45, 2.75) is 6.61 Å². The van der Waals surface area contributed by atoms with Crippen molar-refractivity contribution >= 4 is 11.6 Å². The lowest BCUT2D eigenvalue weighted by Crippen LogP contribution is -2.12. The summed E-state index contributed by atoms with van der Waals surface area (Å²) in [6.45, 7) is 0.355. The van der Waals surface area contributed by atoms with Crippen molar-refractivity contribution in [3.05, 3.63) is 78.1 Å². The van der Waals surface area contributed by atoms with Crippen molar-refractivity contribution in [2.75, 3.05) is 19.5 Å². The van der Waals surface area contributed by atoms with E-state index >= 15 is 0 Å². The van der Waals surface area contributed by atoms with Crippen LogP contribution in [0.3, 0.4) is 0 Å². The van der Waals surface area contributed by atoms with Crippen molar-refractivity contribution in [1.82, 2.24) is 4.98 Å². The van der Waals surface area contributed by atoms with Gasteiger partial charge in [-0.25, -0.2) is 0 Å². The molecule has 3 aromatic rings. The summed E-state index contributed by atoms with van der Waals surface area (Å²) in [5, 5.41) is 2.85.